The van der Waals surface area contributed by atoms with Crippen LogP contribution >= 0.6 is 12.2 Å². The van der Waals surface area contributed by atoms with Crippen LogP contribution in [0.5, 0.6) is 0 Å². The number of hydrogen-bond donors (Lipinski definition) is 2. The third-order valence-corrected chi connectivity index (χ3v) is 3.80. The van der Waals surface area contributed by atoms with Gasteiger partial charge in [-0.3, -0.25) is 0 Å². The Morgan fingerprint density at radius 1 is 1.44 bits per heavy atom. The van der Waals surface area contributed by atoms with Gasteiger partial charge in [0.1, 0.15) is 4.99 Å². The first kappa shape index (κ1) is 13.3. The third kappa shape index (κ3) is 3.00. The molecule has 2 atom stereocenters. The summed E-state index contributed by atoms with van der Waals surface area (Å²) in [6.07, 6.45) is 3.78. The molecule has 1 fully saturated rings. The summed E-state index contributed by atoms with van der Waals surface area (Å²) in [7, 11) is 1.79. The van der Waals surface area contributed by atoms with E-state index in [0.717, 1.165) is 36.1 Å². The maximum absolute atomic E-state index is 5.66. The summed E-state index contributed by atoms with van der Waals surface area (Å²) in [4.78, 5) is 0.458. The van der Waals surface area contributed by atoms with E-state index in [1.165, 1.54) is 0 Å². The highest BCUT2D eigenvalue weighted by Crippen LogP contribution is 2.25. The Labute approximate surface area is 114 Å². The molecule has 0 heterocycles. The van der Waals surface area contributed by atoms with Gasteiger partial charge in [0.25, 0.3) is 0 Å². The van der Waals surface area contributed by atoms with Gasteiger partial charge in [-0.25, -0.2) is 0 Å². The molecule has 4 heteroatoms. The Morgan fingerprint density at radius 2 is 2.22 bits per heavy atom. The van der Waals surface area contributed by atoms with Gasteiger partial charge in [-0.2, -0.15) is 0 Å². The first-order valence-corrected chi connectivity index (χ1v) is 6.70. The van der Waals surface area contributed by atoms with Gasteiger partial charge >= 0.3 is 0 Å². The maximum atomic E-state index is 5.66. The highest BCUT2D eigenvalue weighted by molar-refractivity contribution is 7.80. The van der Waals surface area contributed by atoms with E-state index in [9.17, 15) is 0 Å². The van der Waals surface area contributed by atoms with Crippen LogP contribution in [-0.2, 0) is 4.74 Å². The van der Waals surface area contributed by atoms with E-state index in [1.807, 2.05) is 19.1 Å². The molecule has 1 aliphatic rings. The highest BCUT2D eigenvalue weighted by Gasteiger charge is 2.24. The molecule has 2 unspecified atom stereocenters. The molecular weight excluding hydrogens is 244 g/mol. The number of rotatable bonds is 4. The first-order chi connectivity index (χ1) is 8.60. The lowest BCUT2D eigenvalue weighted by atomic mass is 10.1. The van der Waals surface area contributed by atoms with Gasteiger partial charge < -0.3 is 15.8 Å². The Hall–Kier alpha value is -1.13. The number of hydrogen-bond acceptors (Lipinski definition) is 3. The molecule has 0 amide bonds. The van der Waals surface area contributed by atoms with Crippen molar-refractivity contribution in [1.82, 2.24) is 0 Å². The fourth-order valence-corrected chi connectivity index (χ4v) is 2.78. The molecule has 2 rings (SSSR count). The van der Waals surface area contributed by atoms with Crippen LogP contribution in [-0.4, -0.2) is 24.2 Å². The minimum Gasteiger partial charge on any atom is -0.389 e. The second-order valence-corrected chi connectivity index (χ2v) is 5.35. The zero-order valence-electron chi connectivity index (χ0n) is 10.9. The molecule has 1 saturated carbocycles. The van der Waals surface area contributed by atoms with Crippen LogP contribution in [0, 0.1) is 6.92 Å². The number of nitrogens with one attached hydrogen (secondary N) is 1. The molecule has 1 aromatic rings. The molecule has 0 radical (unpaired) electrons. The molecule has 0 aliphatic heterocycles. The predicted octanol–water partition coefficient (Wildman–Crippen LogP) is 2.61. The van der Waals surface area contributed by atoms with E-state index in [-0.39, 0.29) is 0 Å². The summed E-state index contributed by atoms with van der Waals surface area (Å²) in [6, 6.07) is 6.64. The van der Waals surface area contributed by atoms with Crippen molar-refractivity contribution in [2.24, 2.45) is 5.73 Å². The molecular formula is C14H20N2OS. The molecule has 98 valence electrons. The fraction of sp³-hybridized carbons (Fsp3) is 0.500. The summed E-state index contributed by atoms with van der Waals surface area (Å²) < 4.78 is 5.38. The van der Waals surface area contributed by atoms with E-state index in [4.69, 9.17) is 22.7 Å². The van der Waals surface area contributed by atoms with Crippen LogP contribution in [0.25, 0.3) is 0 Å². The molecule has 0 saturated heterocycles. The molecule has 0 aromatic heterocycles. The Kier molecular flexibility index (Phi) is 4.19. The molecule has 3 N–H and O–H groups in total. The average Bonchev–Trinajstić information content (AvgIpc) is 2.76. The second-order valence-electron chi connectivity index (χ2n) is 4.91. The van der Waals surface area contributed by atoms with Crippen molar-refractivity contribution >= 4 is 22.9 Å². The van der Waals surface area contributed by atoms with E-state index in [0.29, 0.717) is 17.1 Å². The van der Waals surface area contributed by atoms with Gasteiger partial charge in [-0.1, -0.05) is 12.2 Å². The monoisotopic (exact) mass is 264 g/mol. The zero-order valence-corrected chi connectivity index (χ0v) is 11.7. The van der Waals surface area contributed by atoms with Crippen LogP contribution in [0.3, 0.4) is 0 Å². The number of aryl methyl sites for hydroxylation is 1. The van der Waals surface area contributed by atoms with Crippen LogP contribution in [0.15, 0.2) is 18.2 Å². The predicted molar refractivity (Wildman–Crippen MR) is 79.1 cm³/mol. The van der Waals surface area contributed by atoms with Crippen LogP contribution in [0.4, 0.5) is 5.69 Å². The Morgan fingerprint density at radius 3 is 2.78 bits per heavy atom. The van der Waals surface area contributed by atoms with E-state index in [1.54, 1.807) is 7.11 Å². The maximum Gasteiger partial charge on any atom is 0.104 e. The molecule has 0 bridgehead atoms. The number of thiocarbonyl (C=S) groups is 1. The molecule has 1 aliphatic carbocycles. The van der Waals surface area contributed by atoms with Crippen molar-refractivity contribution in [3.8, 4) is 0 Å². The van der Waals surface area contributed by atoms with E-state index in [2.05, 4.69) is 11.4 Å². The number of methoxy groups -OCH3 is 1. The fourth-order valence-electron chi connectivity index (χ4n) is 2.55. The largest absolute Gasteiger partial charge is 0.389 e. The zero-order chi connectivity index (χ0) is 13.1. The summed E-state index contributed by atoms with van der Waals surface area (Å²) in [5.41, 5.74) is 8.87. The van der Waals surface area contributed by atoms with E-state index < -0.39 is 0 Å². The molecule has 0 spiro atoms. The summed E-state index contributed by atoms with van der Waals surface area (Å²) in [5, 5.41) is 3.55. The second kappa shape index (κ2) is 5.67. The van der Waals surface area contributed by atoms with Crippen molar-refractivity contribution in [3.05, 3.63) is 29.3 Å². The number of anilines is 1. The quantitative estimate of drug-likeness (QED) is 0.821. The molecule has 18 heavy (non-hydrogen) atoms. The first-order valence-electron chi connectivity index (χ1n) is 6.30. The van der Waals surface area contributed by atoms with Crippen molar-refractivity contribution in [3.63, 3.8) is 0 Å². The van der Waals surface area contributed by atoms with Gasteiger partial charge in [-0.05, 0) is 49.9 Å². The van der Waals surface area contributed by atoms with Gasteiger partial charge in [0.2, 0.25) is 0 Å². The van der Waals surface area contributed by atoms with Crippen molar-refractivity contribution in [1.29, 1.82) is 0 Å². The summed E-state index contributed by atoms with van der Waals surface area (Å²) in [5.74, 6) is 0. The number of benzene rings is 1. The van der Waals surface area contributed by atoms with Crippen molar-refractivity contribution in [2.75, 3.05) is 12.4 Å². The van der Waals surface area contributed by atoms with E-state index >= 15 is 0 Å². The highest BCUT2D eigenvalue weighted by atomic mass is 32.1. The SMILES string of the molecule is COC1CCC(Nc2ccc(C(N)=S)c(C)c2)C1. The summed E-state index contributed by atoms with van der Waals surface area (Å²) in [6.45, 7) is 2.03. The van der Waals surface area contributed by atoms with Crippen molar-refractivity contribution in [2.45, 2.75) is 38.3 Å². The molecule has 3 nitrogen and oxygen atoms in total. The Bertz CT molecular complexity index is 447. The average molecular weight is 264 g/mol. The Balaban J connectivity index is 2.02. The molecule has 1 aromatic carbocycles. The minimum atomic E-state index is 0.402. The third-order valence-electron chi connectivity index (χ3n) is 3.58. The van der Waals surface area contributed by atoms with Crippen LogP contribution in [0.1, 0.15) is 30.4 Å². The van der Waals surface area contributed by atoms with Gasteiger partial charge in [-0.15, -0.1) is 0 Å². The van der Waals surface area contributed by atoms with Gasteiger partial charge in [0.05, 0.1) is 6.10 Å². The minimum absolute atomic E-state index is 0.402. The smallest absolute Gasteiger partial charge is 0.104 e. The standard InChI is InChI=1S/C14H20N2OS/c1-9-7-10(4-6-13(9)14(15)18)16-11-3-5-12(8-11)17-2/h4,6-7,11-12,16H,3,5,8H2,1-2H3,(H2,15,18). The van der Waals surface area contributed by atoms with Crippen LogP contribution < -0.4 is 11.1 Å². The lowest BCUT2D eigenvalue weighted by molar-refractivity contribution is 0.108. The topological polar surface area (TPSA) is 47.3 Å². The van der Waals surface area contributed by atoms with Gasteiger partial charge in [0, 0.05) is 24.4 Å². The number of ether oxygens (including phenoxy) is 1. The van der Waals surface area contributed by atoms with Crippen LogP contribution in [0.2, 0.25) is 0 Å². The number of nitrogens with two attached hydrogens (primary N) is 1. The lowest BCUT2D eigenvalue weighted by Crippen LogP contribution is -2.18. The lowest BCUT2D eigenvalue weighted by Gasteiger charge is -2.15. The summed E-state index contributed by atoms with van der Waals surface area (Å²) >= 11 is 5.01. The normalized spacial score (nSPS) is 23.0. The van der Waals surface area contributed by atoms with Gasteiger partial charge in [0.15, 0.2) is 0 Å². The van der Waals surface area contributed by atoms with Crippen molar-refractivity contribution < 1.29 is 4.74 Å².